The molecule has 3 nitrogen and oxygen atoms in total. The van der Waals surface area contributed by atoms with Crippen molar-refractivity contribution in [2.24, 2.45) is 5.92 Å². The first-order valence-electron chi connectivity index (χ1n) is 5.57. The molecule has 1 aliphatic heterocycles. The molecule has 1 aromatic rings. The van der Waals surface area contributed by atoms with E-state index >= 15 is 0 Å². The number of rotatable bonds is 2. The van der Waals surface area contributed by atoms with Gasteiger partial charge >= 0.3 is 0 Å². The van der Waals surface area contributed by atoms with Gasteiger partial charge in [0.2, 0.25) is 0 Å². The topological polar surface area (TPSA) is 33.2 Å². The number of hydrogen-bond donors (Lipinski definition) is 0. The molecule has 2 heterocycles. The molecule has 4 heteroatoms. The number of hydrogen-bond acceptors (Lipinski definition) is 3. The maximum Gasteiger partial charge on any atom is 0.170 e. The van der Waals surface area contributed by atoms with E-state index in [1.54, 1.807) is 0 Å². The predicted molar refractivity (Wildman–Crippen MR) is 67.9 cm³/mol. The summed E-state index contributed by atoms with van der Waals surface area (Å²) in [5, 5.41) is 0. The first kappa shape index (κ1) is 11.6. The maximum atomic E-state index is 11.0. The number of aldehydes is 1. The third kappa shape index (κ3) is 2.43. The highest BCUT2D eigenvalue weighted by molar-refractivity contribution is 9.10. The average molecular weight is 283 g/mol. The van der Waals surface area contributed by atoms with Crippen LogP contribution in [0.3, 0.4) is 0 Å². The Hall–Kier alpha value is -0.900. The minimum atomic E-state index is 0.531. The molecule has 0 spiro atoms. The lowest BCUT2D eigenvalue weighted by Crippen LogP contribution is -2.35. The molecule has 86 valence electrons. The number of anilines is 1. The molecule has 0 aromatic carbocycles. The highest BCUT2D eigenvalue weighted by Gasteiger charge is 2.19. The van der Waals surface area contributed by atoms with Crippen molar-refractivity contribution >= 4 is 27.9 Å². The second kappa shape index (κ2) is 4.95. The van der Waals surface area contributed by atoms with E-state index < -0.39 is 0 Å². The van der Waals surface area contributed by atoms with Gasteiger partial charge in [0.05, 0.1) is 5.69 Å². The molecule has 0 N–H and O–H groups in total. The fourth-order valence-corrected chi connectivity index (χ4v) is 2.53. The van der Waals surface area contributed by atoms with Gasteiger partial charge in [-0.05, 0) is 46.8 Å². The Morgan fingerprint density at radius 1 is 1.56 bits per heavy atom. The van der Waals surface area contributed by atoms with Crippen LogP contribution in [0.5, 0.6) is 0 Å². The van der Waals surface area contributed by atoms with Gasteiger partial charge in [-0.2, -0.15) is 0 Å². The predicted octanol–water partition coefficient (Wildman–Crippen LogP) is 2.89. The quantitative estimate of drug-likeness (QED) is 0.618. The molecule has 1 aromatic heterocycles. The van der Waals surface area contributed by atoms with Crippen molar-refractivity contribution in [2.45, 2.75) is 19.8 Å². The van der Waals surface area contributed by atoms with Crippen molar-refractivity contribution in [3.05, 3.63) is 22.4 Å². The van der Waals surface area contributed by atoms with E-state index in [2.05, 4.69) is 32.7 Å². The molecule has 0 amide bonds. The van der Waals surface area contributed by atoms with E-state index in [0.29, 0.717) is 16.2 Å². The Kier molecular flexibility index (Phi) is 3.59. The second-order valence-electron chi connectivity index (χ2n) is 4.35. The van der Waals surface area contributed by atoms with Crippen LogP contribution >= 0.6 is 15.9 Å². The van der Waals surface area contributed by atoms with Gasteiger partial charge in [0, 0.05) is 13.1 Å². The number of pyridine rings is 1. The SMILES string of the molecule is CC1CCCN(c2ccc(Br)nc2C=O)C1. The Morgan fingerprint density at radius 2 is 2.38 bits per heavy atom. The molecule has 0 bridgehead atoms. The first-order valence-corrected chi connectivity index (χ1v) is 6.36. The molecule has 1 aliphatic rings. The molecular formula is C12H15BrN2O. The van der Waals surface area contributed by atoms with Gasteiger partial charge in [0.1, 0.15) is 10.3 Å². The number of aromatic nitrogens is 1. The van der Waals surface area contributed by atoms with Crippen LogP contribution in [0.25, 0.3) is 0 Å². The zero-order chi connectivity index (χ0) is 11.5. The van der Waals surface area contributed by atoms with E-state index in [-0.39, 0.29) is 0 Å². The smallest absolute Gasteiger partial charge is 0.170 e. The van der Waals surface area contributed by atoms with Crippen molar-refractivity contribution in [1.82, 2.24) is 4.98 Å². The lowest BCUT2D eigenvalue weighted by Gasteiger charge is -2.33. The summed E-state index contributed by atoms with van der Waals surface area (Å²) in [5.74, 6) is 0.692. The van der Waals surface area contributed by atoms with Crippen LogP contribution in [0.15, 0.2) is 16.7 Å². The van der Waals surface area contributed by atoms with Crippen LogP contribution in [-0.2, 0) is 0 Å². The minimum absolute atomic E-state index is 0.531. The highest BCUT2D eigenvalue weighted by Crippen LogP contribution is 2.25. The summed E-state index contributed by atoms with van der Waals surface area (Å²) >= 11 is 3.28. The summed E-state index contributed by atoms with van der Waals surface area (Å²) in [6.07, 6.45) is 3.30. The number of nitrogens with zero attached hydrogens (tertiary/aromatic N) is 2. The van der Waals surface area contributed by atoms with E-state index in [1.165, 1.54) is 12.8 Å². The van der Waals surface area contributed by atoms with Crippen molar-refractivity contribution in [3.63, 3.8) is 0 Å². The number of halogens is 1. The van der Waals surface area contributed by atoms with Crippen molar-refractivity contribution in [3.8, 4) is 0 Å². The zero-order valence-corrected chi connectivity index (χ0v) is 10.9. The average Bonchev–Trinajstić information content (AvgIpc) is 2.28. The Morgan fingerprint density at radius 3 is 3.06 bits per heavy atom. The first-order chi connectivity index (χ1) is 7.70. The van der Waals surface area contributed by atoms with E-state index in [4.69, 9.17) is 0 Å². The molecule has 1 atom stereocenters. The summed E-state index contributed by atoms with van der Waals surface area (Å²) in [6, 6.07) is 3.86. The standard InChI is InChI=1S/C12H15BrN2O/c1-9-3-2-6-15(7-9)11-4-5-12(13)14-10(11)8-16/h4-5,8-9H,2-3,6-7H2,1H3. The molecule has 2 rings (SSSR count). The molecule has 0 aliphatic carbocycles. The largest absolute Gasteiger partial charge is 0.369 e. The summed E-state index contributed by atoms with van der Waals surface area (Å²) in [5.41, 5.74) is 1.49. The molecule has 16 heavy (non-hydrogen) atoms. The van der Waals surface area contributed by atoms with Gasteiger partial charge in [0.25, 0.3) is 0 Å². The Balaban J connectivity index is 2.28. The van der Waals surface area contributed by atoms with Gasteiger partial charge in [-0.1, -0.05) is 6.92 Å². The van der Waals surface area contributed by atoms with E-state index in [1.807, 2.05) is 12.1 Å². The lowest BCUT2D eigenvalue weighted by molar-refractivity contribution is 0.111. The van der Waals surface area contributed by atoms with Crippen LogP contribution in [0.4, 0.5) is 5.69 Å². The maximum absolute atomic E-state index is 11.0. The lowest BCUT2D eigenvalue weighted by atomic mass is 9.99. The van der Waals surface area contributed by atoms with Gasteiger partial charge < -0.3 is 4.90 Å². The van der Waals surface area contributed by atoms with E-state index in [9.17, 15) is 4.79 Å². The zero-order valence-electron chi connectivity index (χ0n) is 9.32. The monoisotopic (exact) mass is 282 g/mol. The fourth-order valence-electron chi connectivity index (χ4n) is 2.21. The van der Waals surface area contributed by atoms with Crippen molar-refractivity contribution in [2.75, 3.05) is 18.0 Å². The molecular weight excluding hydrogens is 268 g/mol. The summed E-state index contributed by atoms with van der Waals surface area (Å²) in [6.45, 7) is 4.29. The third-order valence-electron chi connectivity index (χ3n) is 2.98. The van der Waals surface area contributed by atoms with Crippen LogP contribution in [0.1, 0.15) is 30.3 Å². The highest BCUT2D eigenvalue weighted by atomic mass is 79.9. The molecule has 0 radical (unpaired) electrons. The van der Waals surface area contributed by atoms with Crippen LogP contribution in [0.2, 0.25) is 0 Å². The third-order valence-corrected chi connectivity index (χ3v) is 3.42. The second-order valence-corrected chi connectivity index (χ2v) is 5.16. The number of carbonyl (C=O) groups is 1. The summed E-state index contributed by atoms with van der Waals surface area (Å²) < 4.78 is 0.711. The van der Waals surface area contributed by atoms with Crippen molar-refractivity contribution in [1.29, 1.82) is 0 Å². The molecule has 1 saturated heterocycles. The normalized spacial score (nSPS) is 20.9. The van der Waals surface area contributed by atoms with Gasteiger partial charge in [0.15, 0.2) is 6.29 Å². The van der Waals surface area contributed by atoms with Crippen LogP contribution in [0, 0.1) is 5.92 Å². The summed E-state index contributed by atoms with van der Waals surface area (Å²) in [4.78, 5) is 17.5. The van der Waals surface area contributed by atoms with Gasteiger partial charge in [-0.25, -0.2) is 4.98 Å². The molecule has 0 saturated carbocycles. The summed E-state index contributed by atoms with van der Waals surface area (Å²) in [7, 11) is 0. The molecule has 1 unspecified atom stereocenters. The minimum Gasteiger partial charge on any atom is -0.369 e. The Labute approximate surface area is 104 Å². The fraction of sp³-hybridized carbons (Fsp3) is 0.500. The number of piperidine rings is 1. The van der Waals surface area contributed by atoms with E-state index in [0.717, 1.165) is 25.1 Å². The van der Waals surface area contributed by atoms with Gasteiger partial charge in [-0.3, -0.25) is 4.79 Å². The van der Waals surface area contributed by atoms with Crippen LogP contribution < -0.4 is 4.90 Å². The van der Waals surface area contributed by atoms with Gasteiger partial charge in [-0.15, -0.1) is 0 Å². The molecule has 1 fully saturated rings. The van der Waals surface area contributed by atoms with Crippen molar-refractivity contribution < 1.29 is 4.79 Å². The Bertz CT molecular complexity index is 395. The number of carbonyl (C=O) groups excluding carboxylic acids is 1. The van der Waals surface area contributed by atoms with Crippen LogP contribution in [-0.4, -0.2) is 24.4 Å².